The number of ether oxygens (including phenoxy) is 2. The third-order valence-corrected chi connectivity index (χ3v) is 6.88. The second-order valence-corrected chi connectivity index (χ2v) is 8.94. The Hall–Kier alpha value is -1.90. The van der Waals surface area contributed by atoms with Gasteiger partial charge in [-0.05, 0) is 36.6 Å². The number of hydrogen-bond donors (Lipinski definition) is 0. The Balaban J connectivity index is 1.64. The van der Waals surface area contributed by atoms with E-state index in [1.54, 1.807) is 0 Å². The summed E-state index contributed by atoms with van der Waals surface area (Å²) in [6.45, 7) is 0.831. The van der Waals surface area contributed by atoms with Crippen LogP contribution >= 0.6 is 0 Å². The van der Waals surface area contributed by atoms with E-state index in [0.717, 1.165) is 17.7 Å². The van der Waals surface area contributed by atoms with E-state index in [4.69, 9.17) is 9.47 Å². The van der Waals surface area contributed by atoms with Crippen molar-refractivity contribution in [1.29, 1.82) is 0 Å². The van der Waals surface area contributed by atoms with Crippen molar-refractivity contribution in [1.82, 2.24) is 0 Å². The highest BCUT2D eigenvalue weighted by Gasteiger charge is 2.36. The molecule has 28 heavy (non-hydrogen) atoms. The maximum absolute atomic E-state index is 12.9. The van der Waals surface area contributed by atoms with Crippen LogP contribution in [-0.2, 0) is 32.1 Å². The minimum Gasteiger partial charge on any atom is -0.376 e. The van der Waals surface area contributed by atoms with Crippen molar-refractivity contribution < 1.29 is 31.1 Å². The largest absolute Gasteiger partial charge is 0.416 e. The van der Waals surface area contributed by atoms with Crippen LogP contribution in [0.2, 0.25) is 0 Å². The normalized spacial score (nSPS) is 20.8. The van der Waals surface area contributed by atoms with Gasteiger partial charge in [0.05, 0.1) is 35.0 Å². The van der Waals surface area contributed by atoms with E-state index < -0.39 is 32.9 Å². The molecule has 0 aromatic heterocycles. The Morgan fingerprint density at radius 1 is 1.07 bits per heavy atom. The van der Waals surface area contributed by atoms with E-state index in [1.807, 2.05) is 30.3 Å². The van der Waals surface area contributed by atoms with E-state index in [0.29, 0.717) is 12.7 Å². The van der Waals surface area contributed by atoms with Gasteiger partial charge in [-0.3, -0.25) is 0 Å². The van der Waals surface area contributed by atoms with Crippen LogP contribution in [0.3, 0.4) is 0 Å². The van der Waals surface area contributed by atoms with E-state index in [1.165, 1.54) is 6.07 Å². The van der Waals surface area contributed by atoms with Crippen LogP contribution < -0.4 is 0 Å². The van der Waals surface area contributed by atoms with Crippen molar-refractivity contribution in [2.45, 2.75) is 41.9 Å². The monoisotopic (exact) mass is 414 g/mol. The lowest BCUT2D eigenvalue weighted by Crippen LogP contribution is -2.36. The summed E-state index contributed by atoms with van der Waals surface area (Å²) in [4.78, 5) is -0.307. The van der Waals surface area contributed by atoms with E-state index in [2.05, 4.69) is 0 Å². The highest BCUT2D eigenvalue weighted by molar-refractivity contribution is 7.92. The Morgan fingerprint density at radius 2 is 1.82 bits per heavy atom. The quantitative estimate of drug-likeness (QED) is 0.709. The predicted molar refractivity (Wildman–Crippen MR) is 97.5 cm³/mol. The molecule has 1 aliphatic heterocycles. The first-order valence-electron chi connectivity index (χ1n) is 8.91. The Morgan fingerprint density at radius 3 is 2.54 bits per heavy atom. The Labute approximate surface area is 162 Å². The first-order valence-corrected chi connectivity index (χ1v) is 10.5. The number of sulfone groups is 1. The number of benzene rings is 2. The molecule has 1 fully saturated rings. The molecule has 4 nitrogen and oxygen atoms in total. The van der Waals surface area contributed by atoms with Crippen LogP contribution in [0.15, 0.2) is 59.5 Å². The minimum atomic E-state index is -4.59. The molecule has 0 amide bonds. The number of halogens is 3. The number of hydrogen-bond acceptors (Lipinski definition) is 4. The summed E-state index contributed by atoms with van der Waals surface area (Å²) < 4.78 is 75.6. The molecule has 2 atom stereocenters. The summed E-state index contributed by atoms with van der Waals surface area (Å²) in [6, 6.07) is 13.4. The smallest absolute Gasteiger partial charge is 0.376 e. The molecular formula is C20H21F3O4S. The summed E-state index contributed by atoms with van der Waals surface area (Å²) in [5, 5.41) is -0.796. The Kier molecular flexibility index (Phi) is 6.42. The molecule has 0 radical (unpaired) electrons. The molecule has 8 heteroatoms. The molecular weight excluding hydrogens is 393 g/mol. The molecule has 1 heterocycles. The van der Waals surface area contributed by atoms with Crippen molar-refractivity contribution in [2.75, 3.05) is 13.2 Å². The van der Waals surface area contributed by atoms with Crippen LogP contribution in [-0.4, -0.2) is 33.0 Å². The molecule has 0 spiro atoms. The average Bonchev–Trinajstić information content (AvgIpc) is 2.68. The zero-order valence-electron chi connectivity index (χ0n) is 15.1. The standard InChI is InChI=1S/C20H21F3O4S/c21-20(22,23)16-7-4-8-18(11-16)28(24,25)19-9-10-27-17(12-19)14-26-13-15-5-2-1-3-6-15/h1-8,11,17,19H,9-10,12-14H2. The molecule has 0 N–H and O–H groups in total. The minimum absolute atomic E-state index is 0.188. The molecule has 152 valence electrons. The van der Waals surface area contributed by atoms with Gasteiger partial charge in [0.1, 0.15) is 0 Å². The predicted octanol–water partition coefficient (Wildman–Crippen LogP) is 4.24. The molecule has 1 aliphatic rings. The number of rotatable bonds is 6. The number of alkyl halides is 3. The van der Waals surface area contributed by atoms with Crippen LogP contribution in [0.5, 0.6) is 0 Å². The van der Waals surface area contributed by atoms with Crippen molar-refractivity contribution >= 4 is 9.84 Å². The van der Waals surface area contributed by atoms with Crippen molar-refractivity contribution in [2.24, 2.45) is 0 Å². The van der Waals surface area contributed by atoms with Gasteiger partial charge in [-0.25, -0.2) is 8.42 Å². The van der Waals surface area contributed by atoms with Crippen molar-refractivity contribution in [3.63, 3.8) is 0 Å². The topological polar surface area (TPSA) is 52.6 Å². The molecule has 2 aromatic carbocycles. The molecule has 2 unspecified atom stereocenters. The summed E-state index contributed by atoms with van der Waals surface area (Å²) in [5.41, 5.74) is 0.0230. The second-order valence-electron chi connectivity index (χ2n) is 6.71. The van der Waals surface area contributed by atoms with E-state index >= 15 is 0 Å². The first-order chi connectivity index (χ1) is 13.3. The fraction of sp³-hybridized carbons (Fsp3) is 0.400. The summed E-state index contributed by atoms with van der Waals surface area (Å²) in [6.07, 6.45) is -4.57. The summed E-state index contributed by atoms with van der Waals surface area (Å²) in [5.74, 6) is 0. The lowest BCUT2D eigenvalue weighted by Gasteiger charge is -2.29. The van der Waals surface area contributed by atoms with Crippen molar-refractivity contribution in [3.05, 3.63) is 65.7 Å². The maximum atomic E-state index is 12.9. The average molecular weight is 414 g/mol. The van der Waals surface area contributed by atoms with Crippen LogP contribution in [0.4, 0.5) is 13.2 Å². The third-order valence-electron chi connectivity index (χ3n) is 4.66. The van der Waals surface area contributed by atoms with Crippen LogP contribution in [0, 0.1) is 0 Å². The van der Waals surface area contributed by atoms with Crippen molar-refractivity contribution in [3.8, 4) is 0 Å². The highest BCUT2D eigenvalue weighted by Crippen LogP contribution is 2.33. The first kappa shape index (κ1) is 20.8. The highest BCUT2D eigenvalue weighted by atomic mass is 32.2. The zero-order valence-corrected chi connectivity index (χ0v) is 15.9. The van der Waals surface area contributed by atoms with Crippen LogP contribution in [0.25, 0.3) is 0 Å². The molecule has 1 saturated heterocycles. The SMILES string of the molecule is O=S(=O)(c1cccc(C(F)(F)F)c1)C1CCOC(COCc2ccccc2)C1. The molecule has 0 aliphatic carbocycles. The molecule has 2 aromatic rings. The summed E-state index contributed by atoms with van der Waals surface area (Å²) in [7, 11) is -3.89. The maximum Gasteiger partial charge on any atom is 0.416 e. The summed E-state index contributed by atoms with van der Waals surface area (Å²) >= 11 is 0. The lowest BCUT2D eigenvalue weighted by molar-refractivity contribution is -0.137. The molecule has 3 rings (SSSR count). The van der Waals surface area contributed by atoms with Gasteiger partial charge >= 0.3 is 6.18 Å². The van der Waals surface area contributed by atoms with E-state index in [-0.39, 0.29) is 31.0 Å². The fourth-order valence-electron chi connectivity index (χ4n) is 3.17. The fourth-order valence-corrected chi connectivity index (χ4v) is 4.99. The molecule has 0 saturated carbocycles. The van der Waals surface area contributed by atoms with Gasteiger partial charge in [-0.15, -0.1) is 0 Å². The van der Waals surface area contributed by atoms with Gasteiger partial charge in [0, 0.05) is 6.61 Å². The van der Waals surface area contributed by atoms with Gasteiger partial charge in [0.15, 0.2) is 9.84 Å². The van der Waals surface area contributed by atoms with Gasteiger partial charge < -0.3 is 9.47 Å². The van der Waals surface area contributed by atoms with Crippen LogP contribution in [0.1, 0.15) is 24.0 Å². The van der Waals surface area contributed by atoms with Gasteiger partial charge in [-0.2, -0.15) is 13.2 Å². The third kappa shape index (κ3) is 5.12. The second kappa shape index (κ2) is 8.63. The van der Waals surface area contributed by atoms with Gasteiger partial charge in [-0.1, -0.05) is 36.4 Å². The molecule has 0 bridgehead atoms. The van der Waals surface area contributed by atoms with Gasteiger partial charge in [0.2, 0.25) is 0 Å². The van der Waals surface area contributed by atoms with E-state index in [9.17, 15) is 21.6 Å². The van der Waals surface area contributed by atoms with Gasteiger partial charge in [0.25, 0.3) is 0 Å². The zero-order chi connectivity index (χ0) is 20.2. The Bertz CT molecular complexity index is 882. The lowest BCUT2D eigenvalue weighted by atomic mass is 10.1.